The van der Waals surface area contributed by atoms with E-state index in [4.69, 9.17) is 0 Å². The van der Waals surface area contributed by atoms with Gasteiger partial charge in [0.1, 0.15) is 0 Å². The highest BCUT2D eigenvalue weighted by atomic mass is 32.2. The van der Waals surface area contributed by atoms with Gasteiger partial charge in [-0.15, -0.1) is 5.73 Å². The number of rotatable bonds is 7. The fraction of sp³-hybridized carbons (Fsp3) is 0.211. The summed E-state index contributed by atoms with van der Waals surface area (Å²) in [6.07, 6.45) is 5.73. The normalized spacial score (nSPS) is 9.95. The highest BCUT2D eigenvalue weighted by molar-refractivity contribution is 8.22. The van der Waals surface area contributed by atoms with Gasteiger partial charge >= 0.3 is 0 Å². The van der Waals surface area contributed by atoms with E-state index in [-0.39, 0.29) is 0 Å². The molecule has 2 aromatic carbocycles. The van der Waals surface area contributed by atoms with Crippen molar-refractivity contribution in [3.05, 3.63) is 76.7 Å². The molecule has 2 heteroatoms. The minimum Gasteiger partial charge on any atom is -0.103 e. The highest BCUT2D eigenvalue weighted by Crippen LogP contribution is 2.38. The van der Waals surface area contributed by atoms with E-state index in [1.54, 1.807) is 23.5 Å². The quantitative estimate of drug-likeness (QED) is 0.315. The Morgan fingerprint density at radius 3 is 1.90 bits per heavy atom. The molecule has 0 saturated heterocycles. The van der Waals surface area contributed by atoms with Crippen LogP contribution in [-0.2, 0) is 0 Å². The first-order chi connectivity index (χ1) is 10.4. The third kappa shape index (κ3) is 6.31. The Bertz CT molecular complexity index is 538. The summed E-state index contributed by atoms with van der Waals surface area (Å²) in [4.78, 5) is 2.51. The van der Waals surface area contributed by atoms with Crippen molar-refractivity contribution in [2.24, 2.45) is 0 Å². The van der Waals surface area contributed by atoms with Gasteiger partial charge in [0.25, 0.3) is 0 Å². The van der Waals surface area contributed by atoms with Crippen LogP contribution in [-0.4, -0.2) is 0 Å². The monoisotopic (exact) mass is 312 g/mol. The topological polar surface area (TPSA) is 0 Å². The van der Waals surface area contributed by atoms with E-state index < -0.39 is 0 Å². The van der Waals surface area contributed by atoms with E-state index in [1.165, 1.54) is 26.9 Å². The molecule has 0 spiro atoms. The van der Waals surface area contributed by atoms with Gasteiger partial charge < -0.3 is 0 Å². The van der Waals surface area contributed by atoms with Crippen molar-refractivity contribution < 1.29 is 0 Å². The Balaban J connectivity index is 2.12. The first kappa shape index (κ1) is 16.0. The molecule has 0 fully saturated rings. The molecule has 0 bridgehead atoms. The van der Waals surface area contributed by atoms with E-state index >= 15 is 0 Å². The SMILES string of the molecule is CCCCC=C=C(Sc1ccccc1)Sc1ccccc1. The second kappa shape index (κ2) is 9.57. The molecule has 0 unspecified atom stereocenters. The van der Waals surface area contributed by atoms with Crippen LogP contribution in [0.1, 0.15) is 26.2 Å². The van der Waals surface area contributed by atoms with E-state index in [0.29, 0.717) is 0 Å². The zero-order chi connectivity index (χ0) is 14.8. The molecule has 0 nitrogen and oxygen atoms in total. The summed E-state index contributed by atoms with van der Waals surface area (Å²) in [5, 5.41) is 0. The molecule has 0 N–H and O–H groups in total. The Morgan fingerprint density at radius 2 is 1.43 bits per heavy atom. The largest absolute Gasteiger partial charge is 0.103 e. The molecule has 0 amide bonds. The number of benzene rings is 2. The van der Waals surface area contributed by atoms with Gasteiger partial charge in [-0.25, -0.2) is 0 Å². The van der Waals surface area contributed by atoms with Gasteiger partial charge in [-0.05, 0) is 43.2 Å². The fourth-order valence-electron chi connectivity index (χ4n) is 1.73. The molecule has 0 radical (unpaired) electrons. The minimum atomic E-state index is 1.10. The first-order valence-electron chi connectivity index (χ1n) is 7.29. The molecule has 0 aliphatic carbocycles. The van der Waals surface area contributed by atoms with Crippen molar-refractivity contribution in [2.75, 3.05) is 0 Å². The van der Waals surface area contributed by atoms with Crippen LogP contribution in [0.3, 0.4) is 0 Å². The molecule has 0 aromatic heterocycles. The number of hydrogen-bond donors (Lipinski definition) is 0. The van der Waals surface area contributed by atoms with Crippen molar-refractivity contribution >= 4 is 23.5 Å². The van der Waals surface area contributed by atoms with Gasteiger partial charge in [0.05, 0.1) is 4.24 Å². The van der Waals surface area contributed by atoms with Crippen LogP contribution in [0.25, 0.3) is 0 Å². The summed E-state index contributed by atoms with van der Waals surface area (Å²) in [5.41, 5.74) is 3.47. The third-order valence-corrected chi connectivity index (χ3v) is 4.95. The molecule has 0 heterocycles. The Kier molecular flexibility index (Phi) is 7.31. The van der Waals surface area contributed by atoms with Crippen LogP contribution < -0.4 is 0 Å². The molecule has 2 aromatic rings. The lowest BCUT2D eigenvalue weighted by Crippen LogP contribution is -1.74. The average molecular weight is 313 g/mol. The number of thioether (sulfide) groups is 2. The number of unbranched alkanes of at least 4 members (excludes halogenated alkanes) is 2. The third-order valence-electron chi connectivity index (χ3n) is 2.83. The molecule has 0 aliphatic rings. The summed E-state index contributed by atoms with van der Waals surface area (Å²) >= 11 is 3.56. The maximum absolute atomic E-state index is 3.47. The van der Waals surface area contributed by atoms with E-state index in [0.717, 1.165) is 6.42 Å². The molecule has 0 aliphatic heterocycles. The van der Waals surface area contributed by atoms with Crippen LogP contribution >= 0.6 is 23.5 Å². The Morgan fingerprint density at radius 1 is 0.905 bits per heavy atom. The molecule has 0 saturated carbocycles. The molecular formula is C19H20S2. The predicted molar refractivity (Wildman–Crippen MR) is 95.7 cm³/mol. The lowest BCUT2D eigenvalue weighted by molar-refractivity contribution is 0.815. The standard InChI is InChI=1S/C19H20S2/c1-2-3-4-11-16-19(20-17-12-7-5-8-13-17)21-18-14-9-6-10-15-18/h5-15H,2-4H2,1H3. The maximum atomic E-state index is 3.47. The van der Waals surface area contributed by atoms with Crippen LogP contribution in [0.2, 0.25) is 0 Å². The fourth-order valence-corrected chi connectivity index (χ4v) is 3.78. The zero-order valence-corrected chi connectivity index (χ0v) is 13.9. The van der Waals surface area contributed by atoms with E-state index in [9.17, 15) is 0 Å². The lowest BCUT2D eigenvalue weighted by Gasteiger charge is -2.04. The molecule has 2 rings (SSSR count). The Hall–Kier alpha value is -1.34. The summed E-state index contributed by atoms with van der Waals surface area (Å²) in [6.45, 7) is 2.22. The first-order valence-corrected chi connectivity index (χ1v) is 8.92. The average Bonchev–Trinajstić information content (AvgIpc) is 2.53. The van der Waals surface area contributed by atoms with Gasteiger partial charge in [-0.3, -0.25) is 0 Å². The predicted octanol–water partition coefficient (Wildman–Crippen LogP) is 6.76. The lowest BCUT2D eigenvalue weighted by atomic mass is 10.2. The van der Waals surface area contributed by atoms with Crippen LogP contribution in [0.15, 0.2) is 86.5 Å². The summed E-state index contributed by atoms with van der Waals surface area (Å²) < 4.78 is 1.20. The Labute approximate surface area is 136 Å². The molecule has 0 atom stereocenters. The van der Waals surface area contributed by atoms with Crippen LogP contribution in [0.4, 0.5) is 0 Å². The smallest absolute Gasteiger partial charge is 0.0918 e. The summed E-state index contributed by atoms with van der Waals surface area (Å²) in [5.74, 6) is 0. The van der Waals surface area contributed by atoms with Crippen LogP contribution in [0, 0.1) is 0 Å². The van der Waals surface area contributed by atoms with Crippen molar-refractivity contribution in [2.45, 2.75) is 36.0 Å². The van der Waals surface area contributed by atoms with Gasteiger partial charge in [0.2, 0.25) is 0 Å². The highest BCUT2D eigenvalue weighted by Gasteiger charge is 2.02. The van der Waals surface area contributed by atoms with Crippen molar-refractivity contribution in [1.82, 2.24) is 0 Å². The molecule has 21 heavy (non-hydrogen) atoms. The molecule has 108 valence electrons. The summed E-state index contributed by atoms with van der Waals surface area (Å²) in [7, 11) is 0. The minimum absolute atomic E-state index is 1.10. The van der Waals surface area contributed by atoms with Crippen molar-refractivity contribution in [3.8, 4) is 0 Å². The second-order valence-corrected chi connectivity index (χ2v) is 7.03. The van der Waals surface area contributed by atoms with Crippen LogP contribution in [0.5, 0.6) is 0 Å². The van der Waals surface area contributed by atoms with E-state index in [1.807, 2.05) is 0 Å². The zero-order valence-electron chi connectivity index (χ0n) is 12.3. The molecular weight excluding hydrogens is 292 g/mol. The number of hydrogen-bond acceptors (Lipinski definition) is 2. The maximum Gasteiger partial charge on any atom is 0.0918 e. The van der Waals surface area contributed by atoms with Gasteiger partial charge in [0.15, 0.2) is 0 Å². The van der Waals surface area contributed by atoms with E-state index in [2.05, 4.69) is 79.4 Å². The number of allylic oxidation sites excluding steroid dienone is 1. The summed E-state index contributed by atoms with van der Waals surface area (Å²) in [6, 6.07) is 21.0. The van der Waals surface area contributed by atoms with Gasteiger partial charge in [-0.2, -0.15) is 0 Å². The second-order valence-electron chi connectivity index (χ2n) is 4.61. The van der Waals surface area contributed by atoms with Crippen molar-refractivity contribution in [3.63, 3.8) is 0 Å². The van der Waals surface area contributed by atoms with Gasteiger partial charge in [-0.1, -0.05) is 73.3 Å². The van der Waals surface area contributed by atoms with Gasteiger partial charge in [0, 0.05) is 9.79 Å². The van der Waals surface area contributed by atoms with Crippen molar-refractivity contribution in [1.29, 1.82) is 0 Å².